The molecule has 0 bridgehead atoms. The van der Waals surface area contributed by atoms with Crippen LogP contribution in [0.1, 0.15) is 39.0 Å². The molecule has 1 saturated heterocycles. The highest BCUT2D eigenvalue weighted by atomic mass is 32.2. The molecule has 26 heavy (non-hydrogen) atoms. The van der Waals surface area contributed by atoms with E-state index in [1.807, 2.05) is 6.92 Å². The van der Waals surface area contributed by atoms with Crippen LogP contribution in [0.15, 0.2) is 29.2 Å². The summed E-state index contributed by atoms with van der Waals surface area (Å²) in [5.74, 6) is 0.493. The van der Waals surface area contributed by atoms with Gasteiger partial charge in [-0.1, -0.05) is 19.8 Å². The zero-order valence-corrected chi connectivity index (χ0v) is 16.7. The molecule has 6 nitrogen and oxygen atoms in total. The van der Waals surface area contributed by atoms with E-state index >= 15 is 0 Å². The molecule has 2 atom stereocenters. The molecule has 1 aromatic rings. The number of carbonyl (C=O) groups excluding carboxylic acids is 1. The smallest absolute Gasteiger partial charge is 0.321 e. The summed E-state index contributed by atoms with van der Waals surface area (Å²) in [7, 11) is -4.17. The zero-order chi connectivity index (χ0) is 18.7. The fourth-order valence-electron chi connectivity index (χ4n) is 3.51. The lowest BCUT2D eigenvalue weighted by atomic mass is 10.3. The molecule has 2 aliphatic rings. The number of urea groups is 1. The highest BCUT2D eigenvalue weighted by Gasteiger charge is 2.30. The molecule has 0 spiro atoms. The molecule has 1 aromatic carbocycles. The van der Waals surface area contributed by atoms with Gasteiger partial charge in [0.2, 0.25) is 0 Å². The highest BCUT2D eigenvalue weighted by molar-refractivity contribution is 7.92. The summed E-state index contributed by atoms with van der Waals surface area (Å²) in [5, 5.41) is 2.64. The maximum Gasteiger partial charge on any atom is 0.321 e. The van der Waals surface area contributed by atoms with E-state index in [2.05, 4.69) is 5.32 Å². The fourth-order valence-corrected chi connectivity index (χ4v) is 6.53. The van der Waals surface area contributed by atoms with Gasteiger partial charge in [-0.3, -0.25) is 4.21 Å². The van der Waals surface area contributed by atoms with E-state index in [1.54, 1.807) is 29.2 Å². The van der Waals surface area contributed by atoms with Crippen molar-refractivity contribution >= 4 is 32.4 Å². The van der Waals surface area contributed by atoms with Gasteiger partial charge < -0.3 is 10.2 Å². The first kappa shape index (κ1) is 19.4. The van der Waals surface area contributed by atoms with Crippen LogP contribution in [0.25, 0.3) is 0 Å². The van der Waals surface area contributed by atoms with E-state index in [-0.39, 0.29) is 16.5 Å². The third-order valence-corrected chi connectivity index (χ3v) is 9.28. The van der Waals surface area contributed by atoms with Crippen molar-refractivity contribution in [1.29, 1.82) is 0 Å². The normalized spacial score (nSPS) is 25.0. The van der Waals surface area contributed by atoms with Gasteiger partial charge in [-0.2, -0.15) is 0 Å². The predicted octanol–water partition coefficient (Wildman–Crippen LogP) is 2.78. The lowest BCUT2D eigenvalue weighted by molar-refractivity contribution is 0.215. The summed E-state index contributed by atoms with van der Waals surface area (Å²) in [4.78, 5) is 14.4. The molecule has 3 rings (SSSR count). The van der Waals surface area contributed by atoms with Crippen LogP contribution >= 0.6 is 0 Å². The first-order chi connectivity index (χ1) is 12.4. The number of sulfone groups is 1. The van der Waals surface area contributed by atoms with Gasteiger partial charge >= 0.3 is 6.03 Å². The van der Waals surface area contributed by atoms with E-state index in [0.29, 0.717) is 29.4 Å². The van der Waals surface area contributed by atoms with Gasteiger partial charge in [0.1, 0.15) is 0 Å². The number of nitrogens with one attached hydrogen (secondary N) is 1. The number of anilines is 1. The van der Waals surface area contributed by atoms with Crippen LogP contribution in [0.3, 0.4) is 0 Å². The van der Waals surface area contributed by atoms with E-state index in [9.17, 15) is 17.4 Å². The maximum atomic E-state index is 12.6. The van der Waals surface area contributed by atoms with Crippen LogP contribution in [0.5, 0.6) is 0 Å². The molecule has 1 aliphatic carbocycles. The quantitative estimate of drug-likeness (QED) is 0.849. The second-order valence-corrected chi connectivity index (χ2v) is 11.3. The van der Waals surface area contributed by atoms with Gasteiger partial charge in [0.15, 0.2) is 9.84 Å². The summed E-state index contributed by atoms with van der Waals surface area (Å²) >= 11 is 0. The van der Waals surface area contributed by atoms with E-state index in [1.165, 1.54) is 0 Å². The van der Waals surface area contributed by atoms with Crippen molar-refractivity contribution in [2.45, 2.75) is 54.4 Å². The summed E-state index contributed by atoms with van der Waals surface area (Å²) in [6.07, 6.45) is 4.12. The van der Waals surface area contributed by atoms with Gasteiger partial charge in [-0.25, -0.2) is 13.2 Å². The molecule has 144 valence electrons. The van der Waals surface area contributed by atoms with Crippen LogP contribution in [0.2, 0.25) is 0 Å². The monoisotopic (exact) mass is 398 g/mol. The highest BCUT2D eigenvalue weighted by Crippen LogP contribution is 2.30. The third kappa shape index (κ3) is 4.28. The Balaban J connectivity index is 1.64. The molecular formula is C18H26N2O4S2. The Morgan fingerprint density at radius 1 is 1.12 bits per heavy atom. The number of carbonyl (C=O) groups is 1. The van der Waals surface area contributed by atoms with Gasteiger partial charge in [0, 0.05) is 40.6 Å². The summed E-state index contributed by atoms with van der Waals surface area (Å²) in [5.41, 5.74) is 0.568. The minimum absolute atomic E-state index is 0.105. The Morgan fingerprint density at radius 2 is 1.77 bits per heavy atom. The molecule has 8 heteroatoms. The van der Waals surface area contributed by atoms with E-state index in [0.717, 1.165) is 32.1 Å². The zero-order valence-electron chi connectivity index (χ0n) is 15.0. The number of hydrogen-bond acceptors (Lipinski definition) is 4. The van der Waals surface area contributed by atoms with Crippen molar-refractivity contribution in [1.82, 2.24) is 4.90 Å². The average Bonchev–Trinajstić information content (AvgIpc) is 3.11. The van der Waals surface area contributed by atoms with E-state index in [4.69, 9.17) is 0 Å². The number of amides is 2. The molecule has 2 unspecified atom stereocenters. The predicted molar refractivity (Wildman–Crippen MR) is 104 cm³/mol. The topological polar surface area (TPSA) is 83.6 Å². The molecule has 0 radical (unpaired) electrons. The van der Waals surface area contributed by atoms with Crippen molar-refractivity contribution in [3.8, 4) is 0 Å². The minimum atomic E-state index is -3.28. The van der Waals surface area contributed by atoms with Gasteiger partial charge in [-0.05, 0) is 43.5 Å². The van der Waals surface area contributed by atoms with Crippen LogP contribution in [-0.4, -0.2) is 52.9 Å². The third-order valence-electron chi connectivity index (χ3n) is 5.28. The number of hydrogen-bond donors (Lipinski definition) is 1. The van der Waals surface area contributed by atoms with Crippen LogP contribution in [-0.2, 0) is 20.6 Å². The molecule has 2 fully saturated rings. The van der Waals surface area contributed by atoms with E-state index < -0.39 is 20.6 Å². The van der Waals surface area contributed by atoms with Crippen molar-refractivity contribution in [3.63, 3.8) is 0 Å². The molecule has 0 aromatic heterocycles. The summed E-state index contributed by atoms with van der Waals surface area (Å²) in [6.45, 7) is 2.99. The average molecular weight is 399 g/mol. The molecular weight excluding hydrogens is 372 g/mol. The van der Waals surface area contributed by atoms with Crippen molar-refractivity contribution in [2.24, 2.45) is 0 Å². The van der Waals surface area contributed by atoms with Crippen LogP contribution in [0.4, 0.5) is 10.5 Å². The lowest BCUT2D eigenvalue weighted by Gasteiger charge is -2.20. The summed E-state index contributed by atoms with van der Waals surface area (Å²) < 4.78 is 37.1. The van der Waals surface area contributed by atoms with Gasteiger partial charge in [0.25, 0.3) is 0 Å². The Kier molecular flexibility index (Phi) is 6.02. The Labute approximate surface area is 157 Å². The second-order valence-electron chi connectivity index (χ2n) is 7.08. The van der Waals surface area contributed by atoms with Gasteiger partial charge in [-0.15, -0.1) is 0 Å². The second kappa shape index (κ2) is 8.08. The number of rotatable bonds is 3. The molecule has 1 N–H and O–H groups in total. The molecule has 1 saturated carbocycles. The van der Waals surface area contributed by atoms with Crippen molar-refractivity contribution < 1.29 is 17.4 Å². The standard InChI is InChI=1S/C18H26N2O4S2/c1-14-10-11-20(12-13-25(14)22)18(21)19-15-6-8-17(9-7-15)26(23,24)16-4-2-3-5-16/h6-9,14,16H,2-5,10-13H2,1H3,(H,19,21). The fraction of sp³-hybridized carbons (Fsp3) is 0.611. The first-order valence-corrected chi connectivity index (χ1v) is 12.1. The maximum absolute atomic E-state index is 12.6. The summed E-state index contributed by atoms with van der Waals surface area (Å²) in [6, 6.07) is 6.19. The first-order valence-electron chi connectivity index (χ1n) is 9.15. The molecule has 1 heterocycles. The number of nitrogens with zero attached hydrogens (tertiary/aromatic N) is 1. The molecule has 2 amide bonds. The molecule has 1 aliphatic heterocycles. The lowest BCUT2D eigenvalue weighted by Crippen LogP contribution is -2.36. The SMILES string of the molecule is CC1CCN(C(=O)Nc2ccc(S(=O)(=O)C3CCCC3)cc2)CCS1=O. The van der Waals surface area contributed by atoms with Crippen LogP contribution in [0, 0.1) is 0 Å². The van der Waals surface area contributed by atoms with Crippen molar-refractivity contribution in [3.05, 3.63) is 24.3 Å². The van der Waals surface area contributed by atoms with Gasteiger partial charge in [0.05, 0.1) is 10.1 Å². The Morgan fingerprint density at radius 3 is 2.42 bits per heavy atom. The Hall–Kier alpha value is -1.41. The minimum Gasteiger partial charge on any atom is -0.324 e. The number of benzene rings is 1. The van der Waals surface area contributed by atoms with Crippen LogP contribution < -0.4 is 5.32 Å². The largest absolute Gasteiger partial charge is 0.324 e. The Bertz CT molecular complexity index is 771. The van der Waals surface area contributed by atoms with Crippen molar-refractivity contribution in [2.75, 3.05) is 24.2 Å².